The number of nitrogens with one attached hydrogen (secondary N) is 1. The monoisotopic (exact) mass is 239 g/mol. The van der Waals surface area contributed by atoms with Gasteiger partial charge in [0.05, 0.1) is 16.4 Å². The van der Waals surface area contributed by atoms with Crippen LogP contribution in [0.2, 0.25) is 0 Å². The van der Waals surface area contributed by atoms with Gasteiger partial charge in [0.25, 0.3) is 0 Å². The topological polar surface area (TPSA) is 29.9 Å². The minimum absolute atomic E-state index is 0. The average molecular weight is 241 g/mol. The summed E-state index contributed by atoms with van der Waals surface area (Å²) < 4.78 is 2.91. The zero-order valence-electron chi connectivity index (χ0n) is 6.47. The largest absolute Gasteiger partial charge is 0.314 e. The van der Waals surface area contributed by atoms with E-state index >= 15 is 0 Å². The molecule has 64 valence electrons. The molecule has 3 nitrogen and oxygen atoms in total. The zero-order valence-corrected chi connectivity index (χ0v) is 8.87. The van der Waals surface area contributed by atoms with Crippen LogP contribution in [0.5, 0.6) is 0 Å². The molecule has 0 fully saturated rings. The second kappa shape index (κ2) is 4.74. The summed E-state index contributed by atoms with van der Waals surface area (Å²) in [6, 6.07) is 0. The number of hydrogen-bond acceptors (Lipinski definition) is 2. The fourth-order valence-corrected chi connectivity index (χ4v) is 1.29. The molecule has 1 rings (SSSR count). The first-order valence-corrected chi connectivity index (χ1v) is 3.86. The van der Waals surface area contributed by atoms with Crippen LogP contribution < -0.4 is 5.32 Å². The molecule has 0 radical (unpaired) electrons. The van der Waals surface area contributed by atoms with E-state index in [2.05, 4.69) is 26.3 Å². The van der Waals surface area contributed by atoms with Crippen LogP contribution in [0, 0.1) is 0 Å². The van der Waals surface area contributed by atoms with Gasteiger partial charge < -0.3 is 5.32 Å². The van der Waals surface area contributed by atoms with Gasteiger partial charge in [0.2, 0.25) is 0 Å². The van der Waals surface area contributed by atoms with Crippen molar-refractivity contribution in [2.75, 3.05) is 7.05 Å². The summed E-state index contributed by atoms with van der Waals surface area (Å²) in [5.41, 5.74) is 1.17. The quantitative estimate of drug-likeness (QED) is 0.845. The molecule has 0 aliphatic carbocycles. The van der Waals surface area contributed by atoms with Gasteiger partial charge >= 0.3 is 0 Å². The van der Waals surface area contributed by atoms with Crippen LogP contribution in [0.1, 0.15) is 5.69 Å². The zero-order chi connectivity index (χ0) is 7.56. The summed E-state index contributed by atoms with van der Waals surface area (Å²) in [6.45, 7) is 0.844. The average Bonchev–Trinajstić information content (AvgIpc) is 2.20. The van der Waals surface area contributed by atoms with Crippen molar-refractivity contribution in [3.63, 3.8) is 0 Å². The number of nitrogens with zero attached hydrogens (tertiary/aromatic N) is 2. The Morgan fingerprint density at radius 1 is 1.73 bits per heavy atom. The molecule has 0 saturated heterocycles. The molecule has 0 aliphatic heterocycles. The first-order chi connectivity index (χ1) is 4.75. The molecule has 0 saturated carbocycles. The summed E-state index contributed by atoms with van der Waals surface area (Å²) >= 11 is 3.39. The fourth-order valence-electron chi connectivity index (χ4n) is 0.802. The van der Waals surface area contributed by atoms with Crippen molar-refractivity contribution in [1.82, 2.24) is 15.1 Å². The van der Waals surface area contributed by atoms with Crippen LogP contribution in [0.3, 0.4) is 0 Å². The molecule has 0 amide bonds. The summed E-state index contributed by atoms with van der Waals surface area (Å²) in [5, 5.41) is 7.13. The van der Waals surface area contributed by atoms with Crippen molar-refractivity contribution < 1.29 is 0 Å². The van der Waals surface area contributed by atoms with E-state index in [4.69, 9.17) is 0 Å². The van der Waals surface area contributed by atoms with Gasteiger partial charge in [-0.2, -0.15) is 5.10 Å². The maximum absolute atomic E-state index is 4.06. The summed E-state index contributed by atoms with van der Waals surface area (Å²) in [7, 11) is 3.84. The summed E-state index contributed by atoms with van der Waals surface area (Å²) in [4.78, 5) is 0. The SMILES string of the molecule is CNCc1c(Br)cnn1C.Cl. The van der Waals surface area contributed by atoms with E-state index in [9.17, 15) is 0 Å². The van der Waals surface area contributed by atoms with Gasteiger partial charge in [0, 0.05) is 13.6 Å². The van der Waals surface area contributed by atoms with Gasteiger partial charge in [-0.3, -0.25) is 4.68 Å². The van der Waals surface area contributed by atoms with Crippen LogP contribution in [0.25, 0.3) is 0 Å². The maximum Gasteiger partial charge on any atom is 0.0660 e. The molecule has 1 aromatic rings. The van der Waals surface area contributed by atoms with Crippen molar-refractivity contribution in [3.8, 4) is 0 Å². The lowest BCUT2D eigenvalue weighted by atomic mass is 10.4. The molecular weight excluding hydrogens is 229 g/mol. The van der Waals surface area contributed by atoms with E-state index in [1.807, 2.05) is 18.8 Å². The Labute approximate surface area is 80.7 Å². The third-order valence-electron chi connectivity index (χ3n) is 1.35. The van der Waals surface area contributed by atoms with Gasteiger partial charge in [0.1, 0.15) is 0 Å². The molecule has 1 aromatic heterocycles. The first kappa shape index (κ1) is 10.9. The van der Waals surface area contributed by atoms with Crippen molar-refractivity contribution >= 4 is 28.3 Å². The molecule has 0 unspecified atom stereocenters. The number of rotatable bonds is 2. The minimum atomic E-state index is 0. The highest BCUT2D eigenvalue weighted by molar-refractivity contribution is 9.10. The van der Waals surface area contributed by atoms with Crippen LogP contribution >= 0.6 is 28.3 Å². The molecule has 1 heterocycles. The summed E-state index contributed by atoms with van der Waals surface area (Å²) in [6.07, 6.45) is 1.80. The molecular formula is C6H11BrClN3. The third kappa shape index (κ3) is 2.47. The Hall–Kier alpha value is -0.0600. The molecule has 0 aliphatic rings. The molecule has 0 aromatic carbocycles. The Kier molecular flexibility index (Phi) is 4.72. The lowest BCUT2D eigenvalue weighted by Crippen LogP contribution is -2.10. The number of aryl methyl sites for hydroxylation is 1. The van der Waals surface area contributed by atoms with E-state index in [-0.39, 0.29) is 12.4 Å². The lowest BCUT2D eigenvalue weighted by molar-refractivity contribution is 0.670. The van der Waals surface area contributed by atoms with Crippen molar-refractivity contribution in [1.29, 1.82) is 0 Å². The second-order valence-electron chi connectivity index (χ2n) is 2.09. The first-order valence-electron chi connectivity index (χ1n) is 3.06. The predicted molar refractivity (Wildman–Crippen MR) is 50.9 cm³/mol. The highest BCUT2D eigenvalue weighted by Crippen LogP contribution is 2.13. The highest BCUT2D eigenvalue weighted by atomic mass is 79.9. The minimum Gasteiger partial charge on any atom is -0.314 e. The Morgan fingerprint density at radius 2 is 2.36 bits per heavy atom. The van der Waals surface area contributed by atoms with E-state index in [1.165, 1.54) is 5.69 Å². The molecule has 0 bridgehead atoms. The normalized spacial score (nSPS) is 9.36. The molecule has 11 heavy (non-hydrogen) atoms. The lowest BCUT2D eigenvalue weighted by Gasteiger charge is -1.99. The highest BCUT2D eigenvalue weighted by Gasteiger charge is 2.02. The van der Waals surface area contributed by atoms with E-state index in [0.717, 1.165) is 11.0 Å². The molecule has 0 spiro atoms. The standard InChI is InChI=1S/C6H10BrN3.ClH/c1-8-4-6-5(7)3-9-10(6)2;/h3,8H,4H2,1-2H3;1H. The Morgan fingerprint density at radius 3 is 2.73 bits per heavy atom. The van der Waals surface area contributed by atoms with Crippen LogP contribution in [0.15, 0.2) is 10.7 Å². The van der Waals surface area contributed by atoms with Gasteiger partial charge in [-0.05, 0) is 23.0 Å². The number of hydrogen-bond donors (Lipinski definition) is 1. The molecule has 0 atom stereocenters. The van der Waals surface area contributed by atoms with E-state index in [1.54, 1.807) is 6.20 Å². The van der Waals surface area contributed by atoms with Gasteiger partial charge in [-0.25, -0.2) is 0 Å². The fraction of sp³-hybridized carbons (Fsp3) is 0.500. The molecule has 5 heteroatoms. The van der Waals surface area contributed by atoms with Gasteiger partial charge in [0.15, 0.2) is 0 Å². The van der Waals surface area contributed by atoms with Crippen molar-refractivity contribution in [3.05, 3.63) is 16.4 Å². The number of halogens is 2. The third-order valence-corrected chi connectivity index (χ3v) is 2.02. The summed E-state index contributed by atoms with van der Waals surface area (Å²) in [5.74, 6) is 0. The van der Waals surface area contributed by atoms with Gasteiger partial charge in [-0.15, -0.1) is 12.4 Å². The van der Waals surface area contributed by atoms with Gasteiger partial charge in [-0.1, -0.05) is 0 Å². The Bertz CT molecular complexity index is 204. The maximum atomic E-state index is 4.06. The predicted octanol–water partition coefficient (Wildman–Crippen LogP) is 1.32. The van der Waals surface area contributed by atoms with Crippen molar-refractivity contribution in [2.45, 2.75) is 6.54 Å². The van der Waals surface area contributed by atoms with Crippen molar-refractivity contribution in [2.24, 2.45) is 7.05 Å². The van der Waals surface area contributed by atoms with Crippen LogP contribution in [-0.4, -0.2) is 16.8 Å². The van der Waals surface area contributed by atoms with Crippen LogP contribution in [-0.2, 0) is 13.6 Å². The second-order valence-corrected chi connectivity index (χ2v) is 2.95. The van der Waals surface area contributed by atoms with Crippen LogP contribution in [0.4, 0.5) is 0 Å². The number of aromatic nitrogens is 2. The Balaban J connectivity index is 0.000001000. The van der Waals surface area contributed by atoms with E-state index < -0.39 is 0 Å². The van der Waals surface area contributed by atoms with E-state index in [0.29, 0.717) is 0 Å². The molecule has 1 N–H and O–H groups in total. The smallest absolute Gasteiger partial charge is 0.0660 e.